The van der Waals surface area contributed by atoms with Gasteiger partial charge in [0.2, 0.25) is 5.91 Å². The first-order valence-corrected chi connectivity index (χ1v) is 13.0. The lowest BCUT2D eigenvalue weighted by atomic mass is 9.94. The first-order valence-electron chi connectivity index (χ1n) is 11.0. The monoisotopic (exact) mass is 456 g/mol. The quantitative estimate of drug-likeness (QED) is 0.405. The smallest absolute Gasteiger partial charge is 0.252 e. The zero-order chi connectivity index (χ0) is 22.1. The molecule has 2 amide bonds. The van der Waals surface area contributed by atoms with Crippen LogP contribution in [0.25, 0.3) is 0 Å². The van der Waals surface area contributed by atoms with E-state index in [0.29, 0.717) is 23.9 Å². The van der Waals surface area contributed by atoms with Crippen LogP contribution in [0.15, 0.2) is 58.3 Å². The largest absolute Gasteiger partial charge is 0.351 e. The number of hydrogen-bond acceptors (Lipinski definition) is 4. The second-order valence-corrected chi connectivity index (χ2v) is 10.2. The Labute approximate surface area is 194 Å². The fraction of sp³-hybridized carbons (Fsp3) is 0.440. The molecule has 0 saturated heterocycles. The van der Waals surface area contributed by atoms with Gasteiger partial charge < -0.3 is 10.2 Å². The van der Waals surface area contributed by atoms with E-state index in [1.54, 1.807) is 11.8 Å². The van der Waals surface area contributed by atoms with E-state index in [2.05, 4.69) is 36.5 Å². The molecular weight excluding hydrogens is 424 g/mol. The summed E-state index contributed by atoms with van der Waals surface area (Å²) in [6, 6.07) is 16.3. The molecule has 1 fully saturated rings. The summed E-state index contributed by atoms with van der Waals surface area (Å²) in [5, 5.41) is 3.01. The maximum absolute atomic E-state index is 12.7. The van der Waals surface area contributed by atoms with Gasteiger partial charge in [0.1, 0.15) is 0 Å². The van der Waals surface area contributed by atoms with Crippen molar-refractivity contribution in [2.24, 2.45) is 0 Å². The fourth-order valence-electron chi connectivity index (χ4n) is 3.76. The highest BCUT2D eigenvalue weighted by Crippen LogP contribution is 2.26. The molecule has 0 spiro atoms. The van der Waals surface area contributed by atoms with Crippen LogP contribution in [0.3, 0.4) is 0 Å². The number of amides is 2. The van der Waals surface area contributed by atoms with Gasteiger partial charge in [-0.2, -0.15) is 0 Å². The van der Waals surface area contributed by atoms with E-state index in [4.69, 9.17) is 0 Å². The Kier molecular flexibility index (Phi) is 9.34. The van der Waals surface area contributed by atoms with E-state index in [0.717, 1.165) is 23.5 Å². The molecule has 2 aromatic rings. The molecule has 1 saturated carbocycles. The van der Waals surface area contributed by atoms with Crippen LogP contribution < -0.4 is 5.32 Å². The van der Waals surface area contributed by atoms with Crippen molar-refractivity contribution in [3.63, 3.8) is 0 Å². The maximum atomic E-state index is 12.7. The summed E-state index contributed by atoms with van der Waals surface area (Å²) in [5.74, 6) is 1.23. The minimum Gasteiger partial charge on any atom is -0.351 e. The maximum Gasteiger partial charge on any atom is 0.252 e. The highest BCUT2D eigenvalue weighted by molar-refractivity contribution is 8.00. The molecule has 0 atom stereocenters. The molecule has 1 N–H and O–H groups in total. The molecule has 2 aromatic carbocycles. The predicted molar refractivity (Wildman–Crippen MR) is 131 cm³/mol. The van der Waals surface area contributed by atoms with E-state index in [9.17, 15) is 9.59 Å². The first-order chi connectivity index (χ1) is 15.0. The van der Waals surface area contributed by atoms with E-state index < -0.39 is 0 Å². The molecule has 0 aliphatic heterocycles. The standard InChI is InChI=1S/C25H32N2O2S2/c1-19-12-14-21(15-13-19)30-17-16-26-25(29)22-10-6-7-11-23(22)31-18-24(28)27(2)20-8-4-3-5-9-20/h6-7,10-15,20H,3-5,8-9,16-18H2,1-2H3,(H,26,29). The van der Waals surface area contributed by atoms with Gasteiger partial charge in [-0.3, -0.25) is 9.59 Å². The Morgan fingerprint density at radius 1 is 1.00 bits per heavy atom. The van der Waals surface area contributed by atoms with Gasteiger partial charge in [0.15, 0.2) is 0 Å². The molecule has 166 valence electrons. The zero-order valence-electron chi connectivity index (χ0n) is 18.4. The molecule has 1 aliphatic rings. The average molecular weight is 457 g/mol. The van der Waals surface area contributed by atoms with Gasteiger partial charge in [0.25, 0.3) is 5.91 Å². The van der Waals surface area contributed by atoms with Crippen LogP contribution in [-0.4, -0.2) is 47.9 Å². The molecule has 6 heteroatoms. The lowest BCUT2D eigenvalue weighted by molar-refractivity contribution is -0.129. The Morgan fingerprint density at radius 3 is 2.45 bits per heavy atom. The first kappa shape index (κ1) is 23.7. The van der Waals surface area contributed by atoms with Crippen molar-refractivity contribution in [2.75, 3.05) is 25.1 Å². The second-order valence-electron chi connectivity index (χ2n) is 8.00. The normalized spacial score (nSPS) is 14.3. The highest BCUT2D eigenvalue weighted by atomic mass is 32.2. The van der Waals surface area contributed by atoms with Crippen molar-refractivity contribution in [1.82, 2.24) is 10.2 Å². The topological polar surface area (TPSA) is 49.4 Å². The SMILES string of the molecule is Cc1ccc(SCCNC(=O)c2ccccc2SCC(=O)N(C)C2CCCCC2)cc1. The molecule has 0 unspecified atom stereocenters. The van der Waals surface area contributed by atoms with Crippen LogP contribution in [0.5, 0.6) is 0 Å². The molecule has 3 rings (SSSR count). The molecular formula is C25H32N2O2S2. The Morgan fingerprint density at radius 2 is 1.71 bits per heavy atom. The number of benzene rings is 2. The number of thioether (sulfide) groups is 2. The average Bonchev–Trinajstić information content (AvgIpc) is 2.81. The Bertz CT molecular complexity index is 864. The van der Waals surface area contributed by atoms with Crippen molar-refractivity contribution in [2.45, 2.75) is 54.9 Å². The van der Waals surface area contributed by atoms with Gasteiger partial charge in [0.05, 0.1) is 11.3 Å². The van der Waals surface area contributed by atoms with E-state index in [1.165, 1.54) is 41.5 Å². The van der Waals surface area contributed by atoms with Gasteiger partial charge in [0, 0.05) is 35.2 Å². The minimum atomic E-state index is -0.0827. The van der Waals surface area contributed by atoms with Gasteiger partial charge in [-0.1, -0.05) is 49.1 Å². The van der Waals surface area contributed by atoms with Crippen LogP contribution >= 0.6 is 23.5 Å². The lowest BCUT2D eigenvalue weighted by Gasteiger charge is -2.31. The number of carbonyl (C=O) groups is 2. The van der Waals surface area contributed by atoms with Crippen LogP contribution in [0.4, 0.5) is 0 Å². The molecule has 0 aromatic heterocycles. The van der Waals surface area contributed by atoms with Crippen molar-refractivity contribution in [1.29, 1.82) is 0 Å². The summed E-state index contributed by atoms with van der Waals surface area (Å²) in [6.45, 7) is 2.67. The lowest BCUT2D eigenvalue weighted by Crippen LogP contribution is -2.39. The summed E-state index contributed by atoms with van der Waals surface area (Å²) < 4.78 is 0. The second kappa shape index (κ2) is 12.2. The van der Waals surface area contributed by atoms with Gasteiger partial charge in [-0.15, -0.1) is 23.5 Å². The van der Waals surface area contributed by atoms with E-state index in [1.807, 2.05) is 36.2 Å². The summed E-state index contributed by atoms with van der Waals surface area (Å²) in [7, 11) is 1.92. The molecule has 0 bridgehead atoms. The van der Waals surface area contributed by atoms with Crippen molar-refractivity contribution >= 4 is 35.3 Å². The number of nitrogens with zero attached hydrogens (tertiary/aromatic N) is 1. The number of aryl methyl sites for hydroxylation is 1. The molecule has 4 nitrogen and oxygen atoms in total. The van der Waals surface area contributed by atoms with Crippen LogP contribution in [0, 0.1) is 6.92 Å². The minimum absolute atomic E-state index is 0.0827. The number of nitrogens with one attached hydrogen (secondary N) is 1. The van der Waals surface area contributed by atoms with Gasteiger partial charge >= 0.3 is 0 Å². The third-order valence-electron chi connectivity index (χ3n) is 5.68. The van der Waals surface area contributed by atoms with Crippen molar-refractivity contribution < 1.29 is 9.59 Å². The third-order valence-corrected chi connectivity index (χ3v) is 7.75. The molecule has 1 aliphatic carbocycles. The molecule has 0 heterocycles. The van der Waals surface area contributed by atoms with Crippen LogP contribution in [0.2, 0.25) is 0 Å². The molecule has 31 heavy (non-hydrogen) atoms. The predicted octanol–water partition coefficient (Wildman–Crippen LogP) is 5.40. The molecule has 0 radical (unpaired) electrons. The van der Waals surface area contributed by atoms with Crippen LogP contribution in [0.1, 0.15) is 48.0 Å². The summed E-state index contributed by atoms with van der Waals surface area (Å²) in [5.41, 5.74) is 1.89. The number of carbonyl (C=O) groups excluding carboxylic acids is 2. The van der Waals surface area contributed by atoms with Crippen molar-refractivity contribution in [3.8, 4) is 0 Å². The van der Waals surface area contributed by atoms with E-state index in [-0.39, 0.29) is 11.8 Å². The van der Waals surface area contributed by atoms with Gasteiger partial charge in [-0.05, 0) is 44.0 Å². The Hall–Kier alpha value is -1.92. The van der Waals surface area contributed by atoms with Gasteiger partial charge in [-0.25, -0.2) is 0 Å². The Balaban J connectivity index is 1.47. The number of hydrogen-bond donors (Lipinski definition) is 1. The third kappa shape index (κ3) is 7.32. The van der Waals surface area contributed by atoms with E-state index >= 15 is 0 Å². The number of rotatable bonds is 9. The van der Waals surface area contributed by atoms with Crippen LogP contribution in [-0.2, 0) is 4.79 Å². The fourth-order valence-corrected chi connectivity index (χ4v) is 5.50. The summed E-state index contributed by atoms with van der Waals surface area (Å²) in [4.78, 5) is 29.4. The van der Waals surface area contributed by atoms with Crippen molar-refractivity contribution in [3.05, 3.63) is 59.7 Å². The highest BCUT2D eigenvalue weighted by Gasteiger charge is 2.22. The zero-order valence-corrected chi connectivity index (χ0v) is 20.1. The summed E-state index contributed by atoms with van der Waals surface area (Å²) >= 11 is 3.19. The summed E-state index contributed by atoms with van der Waals surface area (Å²) in [6.07, 6.45) is 5.90.